The van der Waals surface area contributed by atoms with E-state index in [2.05, 4.69) is 13.0 Å². The molecular formula is C30H44O7. The third-order valence-corrected chi connectivity index (χ3v) is 11.1. The van der Waals surface area contributed by atoms with Crippen LogP contribution in [-0.4, -0.2) is 61.2 Å². The second-order valence-electron chi connectivity index (χ2n) is 14.2. The van der Waals surface area contributed by atoms with E-state index in [0.29, 0.717) is 12.8 Å². The van der Waals surface area contributed by atoms with Gasteiger partial charge < -0.3 is 20.4 Å². The van der Waals surface area contributed by atoms with Crippen molar-refractivity contribution in [3.8, 4) is 0 Å². The molecule has 0 saturated heterocycles. The normalized spacial score (nSPS) is 45.1. The summed E-state index contributed by atoms with van der Waals surface area (Å²) in [6.45, 7) is 14.0. The Bertz CT molecular complexity index is 1090. The lowest BCUT2D eigenvalue weighted by Gasteiger charge is -2.64. The van der Waals surface area contributed by atoms with E-state index in [1.54, 1.807) is 0 Å². The van der Waals surface area contributed by atoms with Crippen molar-refractivity contribution in [2.45, 2.75) is 104 Å². The molecule has 0 aliphatic heterocycles. The first kappa shape index (κ1) is 28.3. The van der Waals surface area contributed by atoms with E-state index >= 15 is 0 Å². The molecule has 4 N–H and O–H groups in total. The highest BCUT2D eigenvalue weighted by molar-refractivity contribution is 5.98. The van der Waals surface area contributed by atoms with Crippen molar-refractivity contribution in [1.29, 1.82) is 0 Å². The van der Waals surface area contributed by atoms with Gasteiger partial charge in [-0.25, -0.2) is 0 Å². The van der Waals surface area contributed by atoms with Gasteiger partial charge in [-0.2, -0.15) is 0 Å². The summed E-state index contributed by atoms with van der Waals surface area (Å²) in [7, 11) is 0. The molecule has 4 rings (SSSR count). The van der Waals surface area contributed by atoms with Crippen LogP contribution in [0.2, 0.25) is 0 Å². The lowest BCUT2D eigenvalue weighted by molar-refractivity contribution is -0.183. The minimum Gasteiger partial charge on any atom is -0.393 e. The Balaban J connectivity index is 1.80. The second kappa shape index (κ2) is 8.17. The van der Waals surface area contributed by atoms with Crippen molar-refractivity contribution in [3.05, 3.63) is 23.8 Å². The number of aliphatic hydroxyl groups excluding tert-OH is 2. The monoisotopic (exact) mass is 516 g/mol. The molecule has 9 atom stereocenters. The number of hydrogen-bond acceptors (Lipinski definition) is 7. The summed E-state index contributed by atoms with van der Waals surface area (Å²) >= 11 is 0. The number of carbonyl (C=O) groups excluding carboxylic acids is 3. The molecule has 7 heteroatoms. The molecule has 0 heterocycles. The Morgan fingerprint density at radius 2 is 1.62 bits per heavy atom. The van der Waals surface area contributed by atoms with Crippen LogP contribution in [0.5, 0.6) is 0 Å². The van der Waals surface area contributed by atoms with E-state index in [9.17, 15) is 34.8 Å². The second-order valence-corrected chi connectivity index (χ2v) is 14.2. The largest absolute Gasteiger partial charge is 0.393 e. The Labute approximate surface area is 220 Å². The highest BCUT2D eigenvalue weighted by atomic mass is 16.3. The fourth-order valence-corrected chi connectivity index (χ4v) is 9.00. The van der Waals surface area contributed by atoms with Gasteiger partial charge in [0.15, 0.2) is 11.6 Å². The van der Waals surface area contributed by atoms with Gasteiger partial charge in [0.1, 0.15) is 17.5 Å². The molecule has 0 bridgehead atoms. The van der Waals surface area contributed by atoms with E-state index in [0.717, 1.165) is 5.57 Å². The van der Waals surface area contributed by atoms with Gasteiger partial charge in [0, 0.05) is 23.2 Å². The average Bonchev–Trinajstić information content (AvgIpc) is 2.96. The highest BCUT2D eigenvalue weighted by Crippen LogP contribution is 2.74. The zero-order valence-electron chi connectivity index (χ0n) is 23.5. The van der Waals surface area contributed by atoms with E-state index < -0.39 is 56.8 Å². The van der Waals surface area contributed by atoms with Crippen molar-refractivity contribution in [1.82, 2.24) is 0 Å². The molecule has 0 aromatic carbocycles. The van der Waals surface area contributed by atoms with Crippen LogP contribution in [0, 0.1) is 39.4 Å². The lowest BCUT2D eigenvalue weighted by atomic mass is 9.38. The first-order valence-electron chi connectivity index (χ1n) is 13.5. The first-order valence-corrected chi connectivity index (χ1v) is 13.5. The molecule has 4 aliphatic rings. The van der Waals surface area contributed by atoms with Gasteiger partial charge in [0.25, 0.3) is 0 Å². The van der Waals surface area contributed by atoms with Gasteiger partial charge in [-0.3, -0.25) is 14.4 Å². The maximum atomic E-state index is 14.2. The van der Waals surface area contributed by atoms with Gasteiger partial charge in [0.05, 0.1) is 11.7 Å². The predicted octanol–water partition coefficient (Wildman–Crippen LogP) is 2.93. The molecule has 7 nitrogen and oxygen atoms in total. The number of carbonyl (C=O) groups is 3. The summed E-state index contributed by atoms with van der Waals surface area (Å²) in [6.07, 6.45) is 3.54. The third-order valence-electron chi connectivity index (χ3n) is 11.1. The lowest BCUT2D eigenvalue weighted by Crippen LogP contribution is -2.65. The summed E-state index contributed by atoms with van der Waals surface area (Å²) in [5.41, 5.74) is -5.46. The van der Waals surface area contributed by atoms with Crippen LogP contribution in [0.4, 0.5) is 0 Å². The van der Waals surface area contributed by atoms with Crippen molar-refractivity contribution in [2.24, 2.45) is 39.4 Å². The molecule has 0 amide bonds. The fourth-order valence-electron chi connectivity index (χ4n) is 9.00. The molecule has 0 aromatic heterocycles. The number of allylic oxidation sites excluding steroid dienone is 2. The van der Waals surface area contributed by atoms with Crippen LogP contribution in [0.1, 0.15) is 81.1 Å². The van der Waals surface area contributed by atoms with Crippen LogP contribution in [-0.2, 0) is 14.4 Å². The predicted molar refractivity (Wildman–Crippen MR) is 138 cm³/mol. The highest BCUT2D eigenvalue weighted by Gasteiger charge is 2.74. The number of ketones is 3. The van der Waals surface area contributed by atoms with Gasteiger partial charge in [0.2, 0.25) is 0 Å². The number of Topliss-reactive ketones (excluding diaryl/α,β-unsaturated/α-hetero) is 2. The van der Waals surface area contributed by atoms with Gasteiger partial charge in [-0.15, -0.1) is 0 Å². The summed E-state index contributed by atoms with van der Waals surface area (Å²) in [5.74, 6) is -2.24. The van der Waals surface area contributed by atoms with Crippen LogP contribution in [0.3, 0.4) is 0 Å². The van der Waals surface area contributed by atoms with Crippen molar-refractivity contribution in [3.63, 3.8) is 0 Å². The molecule has 3 fully saturated rings. The van der Waals surface area contributed by atoms with E-state index in [1.807, 2.05) is 27.7 Å². The van der Waals surface area contributed by atoms with Crippen LogP contribution in [0.15, 0.2) is 23.8 Å². The Kier molecular flexibility index (Phi) is 6.26. The van der Waals surface area contributed by atoms with E-state index in [4.69, 9.17) is 0 Å². The van der Waals surface area contributed by atoms with Crippen LogP contribution >= 0.6 is 0 Å². The maximum absolute atomic E-state index is 14.2. The average molecular weight is 517 g/mol. The topological polar surface area (TPSA) is 132 Å². The smallest absolute Gasteiger partial charge is 0.187 e. The fraction of sp³-hybridized carbons (Fsp3) is 0.767. The van der Waals surface area contributed by atoms with E-state index in [-0.39, 0.29) is 36.2 Å². The third kappa shape index (κ3) is 3.71. The summed E-state index contributed by atoms with van der Waals surface area (Å²) in [6, 6.07) is 0. The zero-order chi connectivity index (χ0) is 28.1. The van der Waals surface area contributed by atoms with Gasteiger partial charge in [-0.05, 0) is 82.6 Å². The molecule has 3 saturated carbocycles. The Morgan fingerprint density at radius 1 is 1.03 bits per heavy atom. The molecule has 0 aromatic rings. The van der Waals surface area contributed by atoms with Gasteiger partial charge >= 0.3 is 0 Å². The van der Waals surface area contributed by atoms with Crippen LogP contribution in [0.25, 0.3) is 0 Å². The molecule has 37 heavy (non-hydrogen) atoms. The molecule has 0 radical (unpaired) electrons. The minimum atomic E-state index is -1.95. The minimum absolute atomic E-state index is 0.0141. The van der Waals surface area contributed by atoms with Crippen molar-refractivity contribution >= 4 is 17.3 Å². The molecular weight excluding hydrogens is 472 g/mol. The number of fused-ring (bicyclic) bond motifs is 5. The van der Waals surface area contributed by atoms with E-state index in [1.165, 1.54) is 32.9 Å². The Hall–Kier alpha value is -1.67. The molecule has 4 aliphatic carbocycles. The maximum Gasteiger partial charge on any atom is 0.187 e. The van der Waals surface area contributed by atoms with Crippen LogP contribution < -0.4 is 0 Å². The number of rotatable bonds is 4. The zero-order valence-corrected chi connectivity index (χ0v) is 23.5. The number of aliphatic hydroxyl groups is 4. The van der Waals surface area contributed by atoms with Crippen molar-refractivity contribution in [2.75, 3.05) is 0 Å². The Morgan fingerprint density at radius 3 is 2.19 bits per heavy atom. The first-order chi connectivity index (χ1) is 16.7. The standard InChI is InChI=1S/C30H44O7/c1-25(2,36)12-11-21(33)30(8,37)23-19(32)14-27(5)20-10-9-16-17(13-18(31)24(35)26(16,3)4)29(20,7)22(34)15-28(23,27)6/h9,11-12,17-20,23,31-32,36-37H,10,13-15H2,1-8H3/b12-11+/t17-,18+,19-,20+,23+,27+,28-,29-,30+/m1/s1. The molecule has 206 valence electrons. The summed E-state index contributed by atoms with van der Waals surface area (Å²) in [4.78, 5) is 40.2. The van der Waals surface area contributed by atoms with Gasteiger partial charge in [-0.1, -0.05) is 38.5 Å². The molecule has 0 unspecified atom stereocenters. The van der Waals surface area contributed by atoms with Crippen molar-refractivity contribution < 1.29 is 34.8 Å². The summed E-state index contributed by atoms with van der Waals surface area (Å²) in [5, 5.41) is 43.7. The molecule has 0 spiro atoms. The SMILES string of the molecule is CC(C)(O)/C=C/C(=O)[C@](C)(O)[C@H]1[C@H](O)C[C@@]2(C)[C@@H]3CC=C4[C@@H](C[C@H](O)C(=O)C4(C)C)[C@@]3(C)C(=O)C[C@]12C. The quantitative estimate of drug-likeness (QED) is 0.334. The summed E-state index contributed by atoms with van der Waals surface area (Å²) < 4.78 is 0. The number of hydrogen-bond donors (Lipinski definition) is 4.